The van der Waals surface area contributed by atoms with Crippen LogP contribution < -0.4 is 4.74 Å². The van der Waals surface area contributed by atoms with E-state index < -0.39 is 6.10 Å². The summed E-state index contributed by atoms with van der Waals surface area (Å²) in [6.07, 6.45) is 0.134. The molecule has 2 aliphatic heterocycles. The highest BCUT2D eigenvalue weighted by molar-refractivity contribution is 5.83. The molecule has 102 valence electrons. The van der Waals surface area contributed by atoms with E-state index in [2.05, 4.69) is 0 Å². The lowest BCUT2D eigenvalue weighted by Gasteiger charge is -2.35. The fourth-order valence-electron chi connectivity index (χ4n) is 2.60. The largest absolute Gasteiger partial charge is 0.480 e. The number of fused-ring (bicyclic) bond motifs is 1. The SMILES string of the molecule is O=C(C1Cc2ccccc2O1)N1CCOCC1CO. The van der Waals surface area contributed by atoms with Crippen LogP contribution in [0, 0.1) is 0 Å². The molecular weight excluding hydrogens is 246 g/mol. The van der Waals surface area contributed by atoms with E-state index in [0.717, 1.165) is 11.3 Å². The number of aliphatic hydroxyl groups excluding tert-OH is 1. The molecular formula is C14H17NO4. The van der Waals surface area contributed by atoms with E-state index in [1.54, 1.807) is 4.90 Å². The second-order valence-corrected chi connectivity index (χ2v) is 4.86. The smallest absolute Gasteiger partial charge is 0.264 e. The Labute approximate surface area is 111 Å². The van der Waals surface area contributed by atoms with Crippen molar-refractivity contribution in [2.45, 2.75) is 18.6 Å². The molecule has 3 rings (SSSR count). The van der Waals surface area contributed by atoms with Gasteiger partial charge >= 0.3 is 0 Å². The summed E-state index contributed by atoms with van der Waals surface area (Å²) in [6, 6.07) is 7.45. The Balaban J connectivity index is 1.72. The van der Waals surface area contributed by atoms with Crippen molar-refractivity contribution in [1.29, 1.82) is 0 Å². The maximum Gasteiger partial charge on any atom is 0.264 e. The molecule has 1 aromatic carbocycles. The fraction of sp³-hybridized carbons (Fsp3) is 0.500. The highest BCUT2D eigenvalue weighted by Gasteiger charge is 2.36. The lowest BCUT2D eigenvalue weighted by atomic mass is 10.1. The van der Waals surface area contributed by atoms with Gasteiger partial charge in [0.1, 0.15) is 5.75 Å². The van der Waals surface area contributed by atoms with Crippen LogP contribution in [0.1, 0.15) is 5.56 Å². The van der Waals surface area contributed by atoms with Gasteiger partial charge in [-0.05, 0) is 11.6 Å². The molecule has 0 spiro atoms. The molecule has 2 heterocycles. The van der Waals surface area contributed by atoms with Crippen LogP contribution in [0.25, 0.3) is 0 Å². The van der Waals surface area contributed by atoms with Gasteiger partial charge in [-0.3, -0.25) is 4.79 Å². The van der Waals surface area contributed by atoms with E-state index in [-0.39, 0.29) is 18.6 Å². The predicted molar refractivity (Wildman–Crippen MR) is 68.0 cm³/mol. The van der Waals surface area contributed by atoms with Crippen LogP contribution in [-0.2, 0) is 16.0 Å². The number of carbonyl (C=O) groups is 1. The molecule has 1 fully saturated rings. The van der Waals surface area contributed by atoms with Crippen LogP contribution in [0.2, 0.25) is 0 Å². The number of aliphatic hydroxyl groups is 1. The topological polar surface area (TPSA) is 59.0 Å². The molecule has 1 N–H and O–H groups in total. The summed E-state index contributed by atoms with van der Waals surface area (Å²) in [7, 11) is 0. The Morgan fingerprint density at radius 2 is 2.26 bits per heavy atom. The molecule has 1 aromatic rings. The van der Waals surface area contributed by atoms with Gasteiger partial charge in [0.25, 0.3) is 5.91 Å². The Hall–Kier alpha value is -1.59. The average molecular weight is 263 g/mol. The van der Waals surface area contributed by atoms with E-state index in [0.29, 0.717) is 26.2 Å². The second kappa shape index (κ2) is 5.19. The van der Waals surface area contributed by atoms with Gasteiger partial charge in [-0.15, -0.1) is 0 Å². The molecule has 0 aromatic heterocycles. The average Bonchev–Trinajstić information content (AvgIpc) is 2.90. The summed E-state index contributed by atoms with van der Waals surface area (Å²) in [4.78, 5) is 14.2. The lowest BCUT2D eigenvalue weighted by molar-refractivity contribution is -0.148. The van der Waals surface area contributed by atoms with E-state index >= 15 is 0 Å². The maximum absolute atomic E-state index is 12.5. The molecule has 1 amide bonds. The molecule has 5 nitrogen and oxygen atoms in total. The van der Waals surface area contributed by atoms with Crippen LogP contribution in [-0.4, -0.2) is 54.4 Å². The molecule has 5 heteroatoms. The third kappa shape index (κ3) is 2.31. The van der Waals surface area contributed by atoms with E-state index in [4.69, 9.17) is 9.47 Å². The van der Waals surface area contributed by atoms with E-state index in [1.165, 1.54) is 0 Å². The summed E-state index contributed by atoms with van der Waals surface area (Å²) < 4.78 is 11.0. The van der Waals surface area contributed by atoms with Gasteiger partial charge in [-0.25, -0.2) is 0 Å². The highest BCUT2D eigenvalue weighted by atomic mass is 16.5. The van der Waals surface area contributed by atoms with Gasteiger partial charge in [-0.1, -0.05) is 18.2 Å². The number of nitrogens with zero attached hydrogens (tertiary/aromatic N) is 1. The first kappa shape index (κ1) is 12.4. The lowest BCUT2D eigenvalue weighted by Crippen LogP contribution is -2.54. The molecule has 2 aliphatic rings. The molecule has 0 aliphatic carbocycles. The number of morpholine rings is 1. The normalized spacial score (nSPS) is 25.8. The highest BCUT2D eigenvalue weighted by Crippen LogP contribution is 2.29. The molecule has 2 unspecified atom stereocenters. The van der Waals surface area contributed by atoms with Crippen LogP contribution >= 0.6 is 0 Å². The first-order valence-corrected chi connectivity index (χ1v) is 6.53. The van der Waals surface area contributed by atoms with Crippen LogP contribution in [0.4, 0.5) is 0 Å². The molecule has 2 atom stereocenters. The van der Waals surface area contributed by atoms with Crippen molar-refractivity contribution >= 4 is 5.91 Å². The number of carbonyl (C=O) groups excluding carboxylic acids is 1. The summed E-state index contributed by atoms with van der Waals surface area (Å²) in [5.74, 6) is 0.730. The van der Waals surface area contributed by atoms with Crippen molar-refractivity contribution in [1.82, 2.24) is 4.90 Å². The summed E-state index contributed by atoms with van der Waals surface area (Å²) in [6.45, 7) is 1.34. The monoisotopic (exact) mass is 263 g/mol. The van der Waals surface area contributed by atoms with E-state index in [1.807, 2.05) is 24.3 Å². The van der Waals surface area contributed by atoms with Crippen LogP contribution in [0.3, 0.4) is 0 Å². The Morgan fingerprint density at radius 3 is 3.05 bits per heavy atom. The van der Waals surface area contributed by atoms with Crippen molar-refractivity contribution in [2.75, 3.05) is 26.4 Å². The first-order valence-electron chi connectivity index (χ1n) is 6.53. The van der Waals surface area contributed by atoms with Gasteiger partial charge < -0.3 is 19.5 Å². The van der Waals surface area contributed by atoms with Crippen molar-refractivity contribution < 1.29 is 19.4 Å². The zero-order valence-electron chi connectivity index (χ0n) is 10.6. The number of hydrogen-bond acceptors (Lipinski definition) is 4. The predicted octanol–water partition coefficient (Wildman–Crippen LogP) is 0.210. The first-order chi connectivity index (χ1) is 9.29. The van der Waals surface area contributed by atoms with Gasteiger partial charge in [0, 0.05) is 13.0 Å². The zero-order chi connectivity index (χ0) is 13.2. The summed E-state index contributed by atoms with van der Waals surface area (Å²) >= 11 is 0. The van der Waals surface area contributed by atoms with Crippen molar-refractivity contribution in [3.63, 3.8) is 0 Å². The number of para-hydroxylation sites is 1. The van der Waals surface area contributed by atoms with Crippen molar-refractivity contribution in [2.24, 2.45) is 0 Å². The van der Waals surface area contributed by atoms with Crippen LogP contribution in [0.5, 0.6) is 5.75 Å². The Kier molecular flexibility index (Phi) is 3.40. The molecule has 19 heavy (non-hydrogen) atoms. The summed E-state index contributed by atoms with van der Waals surface area (Å²) in [5, 5.41) is 9.31. The molecule has 0 bridgehead atoms. The Bertz CT molecular complexity index is 451. The Morgan fingerprint density at radius 1 is 1.42 bits per heavy atom. The maximum atomic E-state index is 12.5. The van der Waals surface area contributed by atoms with E-state index in [9.17, 15) is 9.90 Å². The minimum Gasteiger partial charge on any atom is -0.480 e. The quantitative estimate of drug-likeness (QED) is 0.828. The molecule has 1 saturated heterocycles. The van der Waals surface area contributed by atoms with Gasteiger partial charge in [0.15, 0.2) is 6.10 Å². The van der Waals surface area contributed by atoms with Crippen molar-refractivity contribution in [3.05, 3.63) is 29.8 Å². The standard InChI is InChI=1S/C14H17NO4/c16-8-11-9-18-6-5-15(11)14(17)13-7-10-3-1-2-4-12(10)19-13/h1-4,11,13,16H,5-9H2. The fourth-order valence-corrected chi connectivity index (χ4v) is 2.60. The number of ether oxygens (including phenoxy) is 2. The molecule has 0 radical (unpaired) electrons. The van der Waals surface area contributed by atoms with Crippen LogP contribution in [0.15, 0.2) is 24.3 Å². The minimum atomic E-state index is -0.468. The number of rotatable bonds is 2. The molecule has 0 saturated carbocycles. The van der Waals surface area contributed by atoms with Crippen molar-refractivity contribution in [3.8, 4) is 5.75 Å². The van der Waals surface area contributed by atoms with Gasteiger partial charge in [0.2, 0.25) is 0 Å². The second-order valence-electron chi connectivity index (χ2n) is 4.86. The third-order valence-electron chi connectivity index (χ3n) is 3.64. The zero-order valence-corrected chi connectivity index (χ0v) is 10.6. The third-order valence-corrected chi connectivity index (χ3v) is 3.64. The van der Waals surface area contributed by atoms with Gasteiger partial charge in [0.05, 0.1) is 25.9 Å². The number of amides is 1. The minimum absolute atomic E-state index is 0.0569. The van der Waals surface area contributed by atoms with Gasteiger partial charge in [-0.2, -0.15) is 0 Å². The number of hydrogen-bond donors (Lipinski definition) is 1. The number of benzene rings is 1. The summed E-state index contributed by atoms with van der Waals surface area (Å²) in [5.41, 5.74) is 1.06.